The van der Waals surface area contributed by atoms with E-state index in [1.165, 1.54) is 10.9 Å². The summed E-state index contributed by atoms with van der Waals surface area (Å²) in [6.45, 7) is 2.56. The second-order valence-corrected chi connectivity index (χ2v) is 8.13. The molecule has 2 N–H and O–H groups in total. The van der Waals surface area contributed by atoms with Crippen LogP contribution < -0.4 is 10.2 Å². The minimum atomic E-state index is -0.257. The molecule has 1 heterocycles. The molecule has 0 aliphatic heterocycles. The lowest BCUT2D eigenvalue weighted by Gasteiger charge is -2.08. The third-order valence-corrected chi connectivity index (χ3v) is 5.93. The van der Waals surface area contributed by atoms with Crippen LogP contribution in [0.3, 0.4) is 0 Å². The molecule has 5 heteroatoms. The summed E-state index contributed by atoms with van der Waals surface area (Å²) in [5.74, 6) is 0.561. The van der Waals surface area contributed by atoms with Crippen LogP contribution in [0.4, 0.5) is 0 Å². The number of aryl methyl sites for hydroxylation is 1. The van der Waals surface area contributed by atoms with Crippen LogP contribution in [0.25, 0.3) is 21.7 Å². The zero-order chi connectivity index (χ0) is 23.3. The van der Waals surface area contributed by atoms with Gasteiger partial charge < -0.3 is 9.72 Å². The molecule has 4 aromatic carbocycles. The van der Waals surface area contributed by atoms with Gasteiger partial charge in [-0.05, 0) is 52.6 Å². The summed E-state index contributed by atoms with van der Waals surface area (Å²) >= 11 is 0. The summed E-state index contributed by atoms with van der Waals surface area (Å²) in [5, 5.41) is 7.57. The topological polar surface area (TPSA) is 66.5 Å². The number of aromatic nitrogens is 1. The monoisotopic (exact) mass is 447 g/mol. The number of nitrogens with one attached hydrogen (secondary N) is 2. The normalized spacial score (nSPS) is 11.3. The maximum atomic E-state index is 12.5. The first kappa shape index (κ1) is 21.5. The first-order valence-electron chi connectivity index (χ1n) is 11.3. The molecule has 34 heavy (non-hydrogen) atoms. The second-order valence-electron chi connectivity index (χ2n) is 8.13. The SMILES string of the molecule is CCc1cccc2c(C=NNC(=O)c3ccc(COc4ccc5ccccc5c4)cc3)c[nH]c12. The van der Waals surface area contributed by atoms with Gasteiger partial charge in [-0.25, -0.2) is 5.43 Å². The van der Waals surface area contributed by atoms with E-state index in [-0.39, 0.29) is 5.91 Å². The van der Waals surface area contributed by atoms with Gasteiger partial charge in [-0.1, -0.05) is 67.6 Å². The van der Waals surface area contributed by atoms with Crippen LogP contribution in [-0.4, -0.2) is 17.1 Å². The van der Waals surface area contributed by atoms with Crippen LogP contribution in [0.2, 0.25) is 0 Å². The predicted octanol–water partition coefficient (Wildman–Crippen LogP) is 6.23. The van der Waals surface area contributed by atoms with Crippen LogP contribution in [0.5, 0.6) is 5.75 Å². The molecule has 0 spiro atoms. The van der Waals surface area contributed by atoms with Gasteiger partial charge in [0, 0.05) is 28.2 Å². The number of amides is 1. The Morgan fingerprint density at radius 3 is 2.62 bits per heavy atom. The van der Waals surface area contributed by atoms with Crippen LogP contribution in [0.1, 0.15) is 34.0 Å². The van der Waals surface area contributed by atoms with Gasteiger partial charge in [-0.3, -0.25) is 4.79 Å². The number of carbonyl (C=O) groups excluding carboxylic acids is 1. The number of hydrogen-bond acceptors (Lipinski definition) is 3. The minimum Gasteiger partial charge on any atom is -0.489 e. The number of aromatic amines is 1. The van der Waals surface area contributed by atoms with Gasteiger partial charge in [0.05, 0.1) is 6.21 Å². The molecule has 0 saturated carbocycles. The molecule has 0 aliphatic rings. The summed E-state index contributed by atoms with van der Waals surface area (Å²) < 4.78 is 5.93. The molecule has 0 atom stereocenters. The van der Waals surface area contributed by atoms with Gasteiger partial charge in [-0.2, -0.15) is 5.10 Å². The van der Waals surface area contributed by atoms with Crippen molar-refractivity contribution in [2.75, 3.05) is 0 Å². The van der Waals surface area contributed by atoms with E-state index in [1.807, 2.05) is 54.7 Å². The van der Waals surface area contributed by atoms with Gasteiger partial charge in [0.1, 0.15) is 12.4 Å². The van der Waals surface area contributed by atoms with E-state index >= 15 is 0 Å². The van der Waals surface area contributed by atoms with Gasteiger partial charge in [0.2, 0.25) is 0 Å². The smallest absolute Gasteiger partial charge is 0.271 e. The Morgan fingerprint density at radius 2 is 1.79 bits per heavy atom. The molecule has 168 valence electrons. The first-order valence-corrected chi connectivity index (χ1v) is 11.3. The molecule has 5 rings (SSSR count). The molecule has 0 unspecified atom stereocenters. The number of H-pyrrole nitrogens is 1. The summed E-state index contributed by atoms with van der Waals surface area (Å²) in [7, 11) is 0. The molecule has 5 aromatic rings. The number of hydrogen-bond donors (Lipinski definition) is 2. The number of nitrogens with zero attached hydrogens (tertiary/aromatic N) is 1. The van der Waals surface area contributed by atoms with Crippen molar-refractivity contribution in [3.63, 3.8) is 0 Å². The van der Waals surface area contributed by atoms with Crippen molar-refractivity contribution >= 4 is 33.8 Å². The molecule has 0 saturated heterocycles. The van der Waals surface area contributed by atoms with Crippen LogP contribution in [0.15, 0.2) is 96.2 Å². The number of ether oxygens (including phenoxy) is 1. The van der Waals surface area contributed by atoms with Crippen LogP contribution in [-0.2, 0) is 13.0 Å². The molecular weight excluding hydrogens is 422 g/mol. The zero-order valence-electron chi connectivity index (χ0n) is 18.9. The highest BCUT2D eigenvalue weighted by molar-refractivity contribution is 6.01. The average molecular weight is 448 g/mol. The van der Waals surface area contributed by atoms with E-state index in [0.29, 0.717) is 12.2 Å². The van der Waals surface area contributed by atoms with E-state index in [2.05, 4.69) is 46.7 Å². The fraction of sp³-hybridized carbons (Fsp3) is 0.103. The van der Waals surface area contributed by atoms with Crippen LogP contribution >= 0.6 is 0 Å². The number of carbonyl (C=O) groups is 1. The molecule has 1 amide bonds. The molecule has 0 bridgehead atoms. The summed E-state index contributed by atoms with van der Waals surface area (Å²) in [4.78, 5) is 15.8. The van der Waals surface area contributed by atoms with E-state index < -0.39 is 0 Å². The summed E-state index contributed by atoms with van der Waals surface area (Å²) in [6, 6.07) is 27.8. The maximum absolute atomic E-state index is 12.5. The number of para-hydroxylation sites is 1. The van der Waals surface area contributed by atoms with E-state index in [0.717, 1.165) is 39.6 Å². The first-order chi connectivity index (χ1) is 16.7. The van der Waals surface area contributed by atoms with Crippen molar-refractivity contribution in [2.24, 2.45) is 5.10 Å². The lowest BCUT2D eigenvalue weighted by atomic mass is 10.1. The zero-order valence-corrected chi connectivity index (χ0v) is 18.9. The third kappa shape index (κ3) is 4.55. The predicted molar refractivity (Wildman–Crippen MR) is 137 cm³/mol. The summed E-state index contributed by atoms with van der Waals surface area (Å²) in [5.41, 5.74) is 7.44. The van der Waals surface area contributed by atoms with Crippen molar-refractivity contribution in [3.05, 3.63) is 113 Å². The van der Waals surface area contributed by atoms with E-state index in [4.69, 9.17) is 4.74 Å². The molecule has 5 nitrogen and oxygen atoms in total. The molecule has 0 aliphatic carbocycles. The van der Waals surface area contributed by atoms with Gasteiger partial charge in [0.15, 0.2) is 0 Å². The highest BCUT2D eigenvalue weighted by Crippen LogP contribution is 2.22. The summed E-state index contributed by atoms with van der Waals surface area (Å²) in [6.07, 6.45) is 4.53. The van der Waals surface area contributed by atoms with Crippen molar-refractivity contribution < 1.29 is 9.53 Å². The highest BCUT2D eigenvalue weighted by Gasteiger charge is 2.07. The standard InChI is InChI=1S/C29H25N3O2/c1-2-21-8-5-9-27-25(17-30-28(21)27)18-31-32-29(33)23-12-10-20(11-13-23)19-34-26-15-14-22-6-3-4-7-24(22)16-26/h3-18,30H,2,19H2,1H3,(H,32,33). The number of fused-ring (bicyclic) bond motifs is 2. The molecule has 0 radical (unpaired) electrons. The minimum absolute atomic E-state index is 0.257. The van der Waals surface area contributed by atoms with E-state index in [9.17, 15) is 4.79 Å². The Labute approximate surface area is 198 Å². The second kappa shape index (κ2) is 9.63. The lowest BCUT2D eigenvalue weighted by Crippen LogP contribution is -2.17. The number of hydrazone groups is 1. The van der Waals surface area contributed by atoms with E-state index in [1.54, 1.807) is 18.3 Å². The Kier molecular flexibility index (Phi) is 6.08. The largest absolute Gasteiger partial charge is 0.489 e. The van der Waals surface area contributed by atoms with Crippen molar-refractivity contribution in [3.8, 4) is 5.75 Å². The van der Waals surface area contributed by atoms with Crippen LogP contribution in [0, 0.1) is 0 Å². The Bertz CT molecular complexity index is 1480. The van der Waals surface area contributed by atoms with Crippen molar-refractivity contribution in [1.29, 1.82) is 0 Å². The molecule has 0 fully saturated rings. The quantitative estimate of drug-likeness (QED) is 0.230. The van der Waals surface area contributed by atoms with Crippen molar-refractivity contribution in [1.82, 2.24) is 10.4 Å². The van der Waals surface area contributed by atoms with Crippen molar-refractivity contribution in [2.45, 2.75) is 20.0 Å². The lowest BCUT2D eigenvalue weighted by molar-refractivity contribution is 0.0955. The van der Waals surface area contributed by atoms with Gasteiger partial charge in [-0.15, -0.1) is 0 Å². The fourth-order valence-corrected chi connectivity index (χ4v) is 4.04. The Hall–Kier alpha value is -4.38. The maximum Gasteiger partial charge on any atom is 0.271 e. The van der Waals surface area contributed by atoms with Gasteiger partial charge >= 0.3 is 0 Å². The van der Waals surface area contributed by atoms with Gasteiger partial charge in [0.25, 0.3) is 5.91 Å². The molecular formula is C29H25N3O2. The Morgan fingerprint density at radius 1 is 0.971 bits per heavy atom. The third-order valence-electron chi connectivity index (χ3n) is 5.93. The average Bonchev–Trinajstić information content (AvgIpc) is 3.31. The fourth-order valence-electron chi connectivity index (χ4n) is 4.04. The molecule has 1 aromatic heterocycles. The Balaban J connectivity index is 1.19. The number of rotatable bonds is 7. The highest BCUT2D eigenvalue weighted by atomic mass is 16.5. The number of benzene rings is 4.